The van der Waals surface area contributed by atoms with Gasteiger partial charge >= 0.3 is 6.09 Å². The van der Waals surface area contributed by atoms with E-state index in [1.807, 2.05) is 0 Å². The fraction of sp³-hybridized carbons (Fsp3) is 0.278. The molecule has 146 valence electrons. The molecule has 0 saturated heterocycles. The molecule has 2 aromatic rings. The molecule has 1 N–H and O–H groups in total. The first-order chi connectivity index (χ1) is 12.8. The van der Waals surface area contributed by atoms with Crippen LogP contribution in [-0.2, 0) is 0 Å². The molecule has 0 aliphatic carbocycles. The number of nitrogens with one attached hydrogen (secondary N) is 1. The fourth-order valence-corrected chi connectivity index (χ4v) is 2.10. The molecule has 0 fully saturated rings. The second-order valence-electron chi connectivity index (χ2n) is 5.49. The average molecular weight is 389 g/mol. The number of unbranched alkanes of at least 4 members (excludes halogenated alkanes) is 2. The summed E-state index contributed by atoms with van der Waals surface area (Å²) in [6, 6.07) is 5.72. The highest BCUT2D eigenvalue weighted by Crippen LogP contribution is 2.27. The third-order valence-corrected chi connectivity index (χ3v) is 3.49. The number of amides is 1. The molecule has 27 heavy (non-hydrogen) atoms. The molecule has 0 aliphatic heterocycles. The van der Waals surface area contributed by atoms with Gasteiger partial charge in [-0.1, -0.05) is 19.8 Å². The number of carbonyl (C=O) groups excluding carboxylic acids is 1. The van der Waals surface area contributed by atoms with Crippen molar-refractivity contribution < 1.29 is 36.2 Å². The van der Waals surface area contributed by atoms with Crippen LogP contribution in [0.15, 0.2) is 24.3 Å². The normalized spacial score (nSPS) is 10.6. The van der Waals surface area contributed by atoms with Gasteiger partial charge in [0.15, 0.2) is 23.3 Å². The molecule has 0 atom stereocenters. The highest BCUT2D eigenvalue weighted by atomic mass is 19.2. The summed E-state index contributed by atoms with van der Waals surface area (Å²) in [4.78, 5) is 11.7. The zero-order chi connectivity index (χ0) is 20.0. The van der Waals surface area contributed by atoms with Crippen LogP contribution in [0, 0.1) is 29.1 Å². The summed E-state index contributed by atoms with van der Waals surface area (Å²) < 4.78 is 76.4. The molecule has 2 rings (SSSR count). The van der Waals surface area contributed by atoms with Crippen molar-refractivity contribution in [2.45, 2.75) is 26.2 Å². The lowest BCUT2D eigenvalue weighted by Crippen LogP contribution is -2.20. The molecule has 0 saturated carbocycles. The largest absolute Gasteiger partial charge is 0.494 e. The van der Waals surface area contributed by atoms with Crippen LogP contribution in [-0.4, -0.2) is 12.7 Å². The molecule has 1 amide bonds. The SMILES string of the molecule is CCCCCOc1ccc(OC(=O)Nc2c(F)c(F)c(F)c(F)c2F)cc1. The predicted octanol–water partition coefficient (Wildman–Crippen LogP) is 5.56. The third kappa shape index (κ3) is 5.08. The quantitative estimate of drug-likeness (QED) is 0.292. The predicted molar refractivity (Wildman–Crippen MR) is 87.3 cm³/mol. The van der Waals surface area contributed by atoms with Gasteiger partial charge in [-0.3, -0.25) is 5.32 Å². The van der Waals surface area contributed by atoms with Gasteiger partial charge in [-0.25, -0.2) is 26.7 Å². The van der Waals surface area contributed by atoms with Crippen LogP contribution in [0.3, 0.4) is 0 Å². The van der Waals surface area contributed by atoms with Crippen molar-refractivity contribution in [3.63, 3.8) is 0 Å². The van der Waals surface area contributed by atoms with E-state index in [4.69, 9.17) is 9.47 Å². The third-order valence-electron chi connectivity index (χ3n) is 3.49. The van der Waals surface area contributed by atoms with E-state index in [1.54, 1.807) is 0 Å². The molecule has 0 spiro atoms. The van der Waals surface area contributed by atoms with Gasteiger partial charge in [0.25, 0.3) is 0 Å². The summed E-state index contributed by atoms with van der Waals surface area (Å²) in [6.45, 7) is 2.58. The van der Waals surface area contributed by atoms with Crippen LogP contribution in [0.4, 0.5) is 32.4 Å². The lowest BCUT2D eigenvalue weighted by Gasteiger charge is -2.11. The molecule has 0 aliphatic rings. The summed E-state index contributed by atoms with van der Waals surface area (Å²) in [5.41, 5.74) is -1.49. The molecule has 4 nitrogen and oxygen atoms in total. The van der Waals surface area contributed by atoms with Gasteiger partial charge in [-0.2, -0.15) is 0 Å². The number of halogens is 5. The summed E-state index contributed by atoms with van der Waals surface area (Å²) in [5.74, 6) is -10.5. The summed E-state index contributed by atoms with van der Waals surface area (Å²) >= 11 is 0. The van der Waals surface area contributed by atoms with Crippen molar-refractivity contribution in [3.05, 3.63) is 53.4 Å². The highest BCUT2D eigenvalue weighted by molar-refractivity contribution is 5.86. The monoisotopic (exact) mass is 389 g/mol. The average Bonchev–Trinajstić information content (AvgIpc) is 2.67. The van der Waals surface area contributed by atoms with E-state index < -0.39 is 40.9 Å². The highest BCUT2D eigenvalue weighted by Gasteiger charge is 2.27. The van der Waals surface area contributed by atoms with Gasteiger partial charge < -0.3 is 9.47 Å². The lowest BCUT2D eigenvalue weighted by atomic mass is 10.2. The van der Waals surface area contributed by atoms with Crippen molar-refractivity contribution in [2.75, 3.05) is 11.9 Å². The maximum atomic E-state index is 13.5. The van der Waals surface area contributed by atoms with Gasteiger partial charge in [0.1, 0.15) is 17.2 Å². The Bertz CT molecular complexity index is 783. The number of anilines is 1. The number of hydrogen-bond acceptors (Lipinski definition) is 3. The van der Waals surface area contributed by atoms with Crippen LogP contribution in [0.25, 0.3) is 0 Å². The van der Waals surface area contributed by atoms with E-state index in [1.165, 1.54) is 29.6 Å². The first-order valence-corrected chi connectivity index (χ1v) is 8.08. The number of ether oxygens (including phenoxy) is 2. The summed E-state index contributed by atoms with van der Waals surface area (Å²) in [7, 11) is 0. The van der Waals surface area contributed by atoms with Crippen molar-refractivity contribution in [2.24, 2.45) is 0 Å². The Balaban J connectivity index is 2.00. The Morgan fingerprint density at radius 1 is 0.852 bits per heavy atom. The molecular formula is C18H16F5NO3. The molecule has 0 bridgehead atoms. The summed E-state index contributed by atoms with van der Waals surface area (Å²) in [5, 5.41) is 1.51. The van der Waals surface area contributed by atoms with E-state index in [-0.39, 0.29) is 5.75 Å². The standard InChI is InChI=1S/C18H16F5NO3/c1-2-3-4-9-26-10-5-7-11(8-6-10)27-18(25)24-17-15(22)13(20)12(19)14(21)16(17)23/h5-8H,2-4,9H2,1H3,(H,24,25). The smallest absolute Gasteiger partial charge is 0.417 e. The Kier molecular flexibility index (Phi) is 6.98. The number of hydrogen-bond donors (Lipinski definition) is 1. The second-order valence-corrected chi connectivity index (χ2v) is 5.49. The van der Waals surface area contributed by atoms with Crippen molar-refractivity contribution in [1.82, 2.24) is 0 Å². The minimum Gasteiger partial charge on any atom is -0.494 e. The Morgan fingerprint density at radius 3 is 1.93 bits per heavy atom. The first kappa shape index (κ1) is 20.5. The second kappa shape index (κ2) is 9.20. The Hall–Kier alpha value is -2.84. The molecule has 0 aromatic heterocycles. The van der Waals surface area contributed by atoms with E-state index >= 15 is 0 Å². The topological polar surface area (TPSA) is 47.6 Å². The van der Waals surface area contributed by atoms with Crippen LogP contribution < -0.4 is 14.8 Å². The number of rotatable bonds is 7. The molecule has 0 radical (unpaired) electrons. The first-order valence-electron chi connectivity index (χ1n) is 8.08. The summed E-state index contributed by atoms with van der Waals surface area (Å²) in [6.07, 6.45) is 1.54. The van der Waals surface area contributed by atoms with Crippen molar-refractivity contribution in [3.8, 4) is 11.5 Å². The maximum absolute atomic E-state index is 13.5. The van der Waals surface area contributed by atoms with E-state index in [0.29, 0.717) is 12.4 Å². The van der Waals surface area contributed by atoms with Gasteiger partial charge in [0.05, 0.1) is 6.61 Å². The minimum absolute atomic E-state index is 0.0164. The molecule has 9 heteroatoms. The van der Waals surface area contributed by atoms with E-state index in [2.05, 4.69) is 6.92 Å². The van der Waals surface area contributed by atoms with Crippen LogP contribution in [0.1, 0.15) is 26.2 Å². The van der Waals surface area contributed by atoms with Gasteiger partial charge in [0.2, 0.25) is 5.82 Å². The van der Waals surface area contributed by atoms with Crippen molar-refractivity contribution in [1.29, 1.82) is 0 Å². The van der Waals surface area contributed by atoms with Gasteiger partial charge in [-0.15, -0.1) is 0 Å². The Labute approximate surface area is 151 Å². The molecule has 0 unspecified atom stereocenters. The van der Waals surface area contributed by atoms with Crippen LogP contribution >= 0.6 is 0 Å². The minimum atomic E-state index is -2.32. The lowest BCUT2D eigenvalue weighted by molar-refractivity contribution is 0.214. The van der Waals surface area contributed by atoms with Crippen LogP contribution in [0.2, 0.25) is 0 Å². The van der Waals surface area contributed by atoms with Gasteiger partial charge in [-0.05, 0) is 30.7 Å². The van der Waals surface area contributed by atoms with Crippen molar-refractivity contribution >= 4 is 11.8 Å². The number of carbonyl (C=O) groups is 1. The van der Waals surface area contributed by atoms with E-state index in [0.717, 1.165) is 19.3 Å². The maximum Gasteiger partial charge on any atom is 0.417 e. The molecular weight excluding hydrogens is 373 g/mol. The Morgan fingerprint density at radius 2 is 1.37 bits per heavy atom. The van der Waals surface area contributed by atoms with E-state index in [9.17, 15) is 26.7 Å². The fourth-order valence-electron chi connectivity index (χ4n) is 2.10. The van der Waals surface area contributed by atoms with Gasteiger partial charge in [0, 0.05) is 0 Å². The van der Waals surface area contributed by atoms with Crippen LogP contribution in [0.5, 0.6) is 11.5 Å². The molecule has 0 heterocycles. The zero-order valence-corrected chi connectivity index (χ0v) is 14.3. The number of benzene rings is 2. The zero-order valence-electron chi connectivity index (χ0n) is 14.3. The molecule has 2 aromatic carbocycles.